The van der Waals surface area contributed by atoms with Gasteiger partial charge >= 0.3 is 5.97 Å². The van der Waals surface area contributed by atoms with Gasteiger partial charge in [0, 0.05) is 5.57 Å². The van der Waals surface area contributed by atoms with E-state index in [1.807, 2.05) is 36.4 Å². The van der Waals surface area contributed by atoms with Crippen LogP contribution in [0.4, 0.5) is 0 Å². The molecule has 2 rings (SSSR count). The minimum Gasteiger partial charge on any atom is -0.460 e. The fraction of sp³-hybridized carbons (Fsp3) is 0.381. The Bertz CT molecular complexity index is 668. The van der Waals surface area contributed by atoms with E-state index >= 15 is 0 Å². The Morgan fingerprint density at radius 2 is 1.96 bits per heavy atom. The van der Waals surface area contributed by atoms with Gasteiger partial charge in [0.05, 0.1) is 5.92 Å². The number of terminal acetylenes is 1. The molecule has 0 spiro atoms. The molecule has 0 N–H and O–H groups in total. The lowest BCUT2D eigenvalue weighted by molar-refractivity contribution is -0.145. The van der Waals surface area contributed by atoms with Gasteiger partial charge in [-0.05, 0) is 36.8 Å². The lowest BCUT2D eigenvalue weighted by atomic mass is 10.1. The maximum atomic E-state index is 12.3. The minimum absolute atomic E-state index is 0.0339. The molecular formula is C21H24O2. The summed E-state index contributed by atoms with van der Waals surface area (Å²) in [6.07, 6.45) is 9.56. The molecule has 1 aliphatic rings. The second kappa shape index (κ2) is 6.87. The van der Waals surface area contributed by atoms with Gasteiger partial charge in [-0.15, -0.1) is 6.42 Å². The van der Waals surface area contributed by atoms with Crippen molar-refractivity contribution < 1.29 is 9.53 Å². The fourth-order valence-corrected chi connectivity index (χ4v) is 2.91. The smallest absolute Gasteiger partial charge is 0.310 e. The maximum Gasteiger partial charge on any atom is 0.310 e. The van der Waals surface area contributed by atoms with Crippen LogP contribution in [0, 0.1) is 29.6 Å². The van der Waals surface area contributed by atoms with Gasteiger partial charge in [0.25, 0.3) is 0 Å². The highest BCUT2D eigenvalue weighted by Crippen LogP contribution is 2.59. The van der Waals surface area contributed by atoms with Crippen molar-refractivity contribution in [1.29, 1.82) is 0 Å². The zero-order valence-corrected chi connectivity index (χ0v) is 14.3. The second-order valence-corrected chi connectivity index (χ2v) is 6.90. The van der Waals surface area contributed by atoms with Gasteiger partial charge in [0.15, 0.2) is 0 Å². The van der Waals surface area contributed by atoms with Crippen molar-refractivity contribution in [2.24, 2.45) is 17.3 Å². The summed E-state index contributed by atoms with van der Waals surface area (Å²) in [7, 11) is 0. The van der Waals surface area contributed by atoms with Crippen LogP contribution in [0.5, 0.6) is 0 Å². The molecule has 0 radical (unpaired) electrons. The zero-order valence-electron chi connectivity index (χ0n) is 14.3. The van der Waals surface area contributed by atoms with Crippen LogP contribution < -0.4 is 0 Å². The first-order chi connectivity index (χ1) is 10.9. The summed E-state index contributed by atoms with van der Waals surface area (Å²) in [6.45, 7) is 8.46. The third kappa shape index (κ3) is 4.13. The predicted molar refractivity (Wildman–Crippen MR) is 94.4 cm³/mol. The van der Waals surface area contributed by atoms with Gasteiger partial charge in [0.2, 0.25) is 0 Å². The molecule has 1 aliphatic carbocycles. The molecule has 0 bridgehead atoms. The van der Waals surface area contributed by atoms with Gasteiger partial charge in [0.1, 0.15) is 6.61 Å². The van der Waals surface area contributed by atoms with E-state index in [1.165, 1.54) is 5.57 Å². The summed E-state index contributed by atoms with van der Waals surface area (Å²) in [5.74, 6) is 2.62. The molecule has 1 aromatic rings. The average molecular weight is 308 g/mol. The molecule has 1 aromatic carbocycles. The molecule has 0 aromatic heterocycles. The molecule has 0 saturated heterocycles. The van der Waals surface area contributed by atoms with Crippen LogP contribution in [0.25, 0.3) is 6.08 Å². The number of esters is 1. The topological polar surface area (TPSA) is 26.3 Å². The number of hydrogen-bond acceptors (Lipinski definition) is 2. The molecule has 1 fully saturated rings. The Morgan fingerprint density at radius 3 is 2.52 bits per heavy atom. The number of carbonyl (C=O) groups is 1. The standard InChI is InChI=1S/C21H24O2/c1-6-16(13-17-10-8-7-9-11-17)14-23-20(22)19-18(12-15(2)3)21(19,4)5/h1,7-13,18-19H,14H2,2-5H3/b16-13+. The van der Waals surface area contributed by atoms with E-state index in [0.717, 1.165) is 5.56 Å². The molecule has 0 amide bonds. The fourth-order valence-electron chi connectivity index (χ4n) is 2.91. The van der Waals surface area contributed by atoms with E-state index in [4.69, 9.17) is 11.2 Å². The van der Waals surface area contributed by atoms with E-state index in [9.17, 15) is 4.79 Å². The molecule has 2 unspecified atom stereocenters. The van der Waals surface area contributed by atoms with E-state index in [1.54, 1.807) is 0 Å². The van der Waals surface area contributed by atoms with Crippen molar-refractivity contribution in [1.82, 2.24) is 0 Å². The predicted octanol–water partition coefficient (Wildman–Crippen LogP) is 4.48. The largest absolute Gasteiger partial charge is 0.460 e. The maximum absolute atomic E-state index is 12.3. The molecule has 2 nitrogen and oxygen atoms in total. The molecule has 23 heavy (non-hydrogen) atoms. The van der Waals surface area contributed by atoms with Crippen LogP contribution in [-0.2, 0) is 9.53 Å². The van der Waals surface area contributed by atoms with Crippen molar-refractivity contribution >= 4 is 12.0 Å². The van der Waals surface area contributed by atoms with E-state index in [-0.39, 0.29) is 29.8 Å². The van der Waals surface area contributed by atoms with Gasteiger partial charge in [-0.25, -0.2) is 0 Å². The quantitative estimate of drug-likeness (QED) is 0.455. The molecule has 120 valence electrons. The van der Waals surface area contributed by atoms with Crippen LogP contribution in [0.1, 0.15) is 33.3 Å². The number of rotatable bonds is 5. The molecule has 2 atom stereocenters. The van der Waals surface area contributed by atoms with Gasteiger partial charge in [-0.3, -0.25) is 4.79 Å². The summed E-state index contributed by atoms with van der Waals surface area (Å²) < 4.78 is 5.46. The Kier molecular flexibility index (Phi) is 5.11. The number of allylic oxidation sites excluding steroid dienone is 2. The van der Waals surface area contributed by atoms with Crippen molar-refractivity contribution in [3.8, 4) is 12.3 Å². The van der Waals surface area contributed by atoms with Crippen molar-refractivity contribution in [2.45, 2.75) is 27.7 Å². The van der Waals surface area contributed by atoms with Gasteiger partial charge in [-0.1, -0.05) is 61.7 Å². The third-order valence-electron chi connectivity index (χ3n) is 4.37. The highest BCUT2D eigenvalue weighted by Gasteiger charge is 2.61. The summed E-state index contributed by atoms with van der Waals surface area (Å²) in [6, 6.07) is 9.78. The first kappa shape index (κ1) is 17.1. The number of hydrogen-bond donors (Lipinski definition) is 0. The lowest BCUT2D eigenvalue weighted by Crippen LogP contribution is -2.12. The van der Waals surface area contributed by atoms with Gasteiger partial charge in [-0.2, -0.15) is 0 Å². The SMILES string of the molecule is C#C/C(=C\c1ccccc1)COC(=O)C1C(C=C(C)C)C1(C)C. The third-order valence-corrected chi connectivity index (χ3v) is 4.37. The Labute approximate surface area is 139 Å². The molecule has 2 heteroatoms. The molecule has 0 aliphatic heterocycles. The average Bonchev–Trinajstić information content (AvgIpc) is 3.04. The van der Waals surface area contributed by atoms with Crippen LogP contribution >= 0.6 is 0 Å². The molecular weight excluding hydrogens is 284 g/mol. The Balaban J connectivity index is 1.98. The van der Waals surface area contributed by atoms with Crippen molar-refractivity contribution in [2.75, 3.05) is 6.61 Å². The normalized spacial score (nSPS) is 22.0. The van der Waals surface area contributed by atoms with Crippen LogP contribution in [0.3, 0.4) is 0 Å². The summed E-state index contributed by atoms with van der Waals surface area (Å²) in [5, 5.41) is 0. The molecule has 1 saturated carbocycles. The van der Waals surface area contributed by atoms with Crippen LogP contribution in [0.2, 0.25) is 0 Å². The van der Waals surface area contributed by atoms with Crippen LogP contribution in [0.15, 0.2) is 47.6 Å². The summed E-state index contributed by atoms with van der Waals surface area (Å²) in [4.78, 5) is 12.3. The van der Waals surface area contributed by atoms with E-state index < -0.39 is 0 Å². The van der Waals surface area contributed by atoms with E-state index in [2.05, 4.69) is 39.7 Å². The highest BCUT2D eigenvalue weighted by molar-refractivity contribution is 5.78. The van der Waals surface area contributed by atoms with E-state index in [0.29, 0.717) is 5.57 Å². The van der Waals surface area contributed by atoms with Crippen LogP contribution in [-0.4, -0.2) is 12.6 Å². The Morgan fingerprint density at radius 1 is 1.30 bits per heavy atom. The Hall–Kier alpha value is -2.27. The number of benzene rings is 1. The summed E-state index contributed by atoms with van der Waals surface area (Å²) >= 11 is 0. The molecule has 0 heterocycles. The second-order valence-electron chi connectivity index (χ2n) is 6.90. The monoisotopic (exact) mass is 308 g/mol. The minimum atomic E-state index is -0.160. The van der Waals surface area contributed by atoms with Crippen molar-refractivity contribution in [3.63, 3.8) is 0 Å². The number of carbonyl (C=O) groups excluding carboxylic acids is 1. The van der Waals surface area contributed by atoms with Crippen molar-refractivity contribution in [3.05, 3.63) is 53.1 Å². The first-order valence-electron chi connectivity index (χ1n) is 7.90. The van der Waals surface area contributed by atoms with Gasteiger partial charge < -0.3 is 4.74 Å². The highest BCUT2D eigenvalue weighted by atomic mass is 16.5. The lowest BCUT2D eigenvalue weighted by Gasteiger charge is -2.06. The first-order valence-corrected chi connectivity index (χ1v) is 7.90. The summed E-state index contributed by atoms with van der Waals surface area (Å²) in [5.41, 5.74) is 2.87. The zero-order chi connectivity index (χ0) is 17.0. The number of ether oxygens (including phenoxy) is 1.